The van der Waals surface area contributed by atoms with Crippen molar-refractivity contribution in [2.45, 2.75) is 26.3 Å². The first-order valence-electron chi connectivity index (χ1n) is 7.02. The summed E-state index contributed by atoms with van der Waals surface area (Å²) in [6, 6.07) is 5.85. The predicted octanol–water partition coefficient (Wildman–Crippen LogP) is 2.67. The van der Waals surface area contributed by atoms with Gasteiger partial charge in [-0.15, -0.1) is 0 Å². The lowest BCUT2D eigenvalue weighted by atomic mass is 10.0. The molecule has 1 amide bonds. The van der Waals surface area contributed by atoms with Crippen LogP contribution in [0.3, 0.4) is 0 Å². The van der Waals surface area contributed by atoms with E-state index in [1.54, 1.807) is 24.3 Å². The molecule has 2 aromatic rings. The van der Waals surface area contributed by atoms with Crippen molar-refractivity contribution in [1.82, 2.24) is 5.32 Å². The Labute approximate surface area is 128 Å². The number of benzene rings is 1. The molecule has 118 valence electrons. The van der Waals surface area contributed by atoms with E-state index in [0.29, 0.717) is 23.1 Å². The minimum absolute atomic E-state index is 0.0644. The first kappa shape index (κ1) is 15.9. The number of fused-ring (bicyclic) bond motifs is 1. The first-order chi connectivity index (χ1) is 10.4. The summed E-state index contributed by atoms with van der Waals surface area (Å²) in [6.07, 6.45) is 0.352. The molecule has 0 aliphatic carbocycles. The quantitative estimate of drug-likeness (QED) is 0.856. The third-order valence-electron chi connectivity index (χ3n) is 3.28. The fraction of sp³-hybridized carbons (Fsp3) is 0.375. The van der Waals surface area contributed by atoms with Crippen LogP contribution in [0.15, 0.2) is 28.7 Å². The summed E-state index contributed by atoms with van der Waals surface area (Å²) in [7, 11) is 1.53. The summed E-state index contributed by atoms with van der Waals surface area (Å²) >= 11 is 0. The molecule has 6 heteroatoms. The van der Waals surface area contributed by atoms with Gasteiger partial charge in [-0.05, 0) is 24.5 Å². The number of rotatable bonds is 6. The molecule has 22 heavy (non-hydrogen) atoms. The van der Waals surface area contributed by atoms with E-state index in [-0.39, 0.29) is 11.7 Å². The smallest absolute Gasteiger partial charge is 0.326 e. The molecule has 1 heterocycles. The summed E-state index contributed by atoms with van der Waals surface area (Å²) in [4.78, 5) is 23.4. The minimum Gasteiger partial charge on any atom is -0.496 e. The van der Waals surface area contributed by atoms with E-state index in [9.17, 15) is 14.7 Å². The highest BCUT2D eigenvalue weighted by Crippen LogP contribution is 2.28. The van der Waals surface area contributed by atoms with Gasteiger partial charge in [-0.2, -0.15) is 0 Å². The summed E-state index contributed by atoms with van der Waals surface area (Å²) < 4.78 is 10.7. The number of aliphatic carboxylic acids is 1. The summed E-state index contributed by atoms with van der Waals surface area (Å²) in [5, 5.41) is 12.3. The second kappa shape index (κ2) is 6.51. The highest BCUT2D eigenvalue weighted by Gasteiger charge is 2.23. The Morgan fingerprint density at radius 2 is 2.09 bits per heavy atom. The fourth-order valence-corrected chi connectivity index (χ4v) is 2.25. The van der Waals surface area contributed by atoms with Gasteiger partial charge in [-0.3, -0.25) is 4.79 Å². The molecule has 1 aromatic heterocycles. The van der Waals surface area contributed by atoms with Crippen molar-refractivity contribution >= 4 is 22.8 Å². The van der Waals surface area contributed by atoms with Crippen LogP contribution in [0.5, 0.6) is 5.75 Å². The highest BCUT2D eigenvalue weighted by molar-refractivity contribution is 5.99. The Hall–Kier alpha value is -2.50. The Bertz CT molecular complexity index is 689. The molecule has 0 saturated heterocycles. The zero-order chi connectivity index (χ0) is 16.3. The Morgan fingerprint density at radius 1 is 1.36 bits per heavy atom. The molecule has 0 fully saturated rings. The molecule has 1 unspecified atom stereocenters. The maximum absolute atomic E-state index is 12.2. The average molecular weight is 305 g/mol. The van der Waals surface area contributed by atoms with Gasteiger partial charge in [0.05, 0.1) is 12.5 Å². The van der Waals surface area contributed by atoms with E-state index >= 15 is 0 Å². The van der Waals surface area contributed by atoms with Gasteiger partial charge < -0.3 is 19.6 Å². The molecule has 0 aliphatic rings. The summed E-state index contributed by atoms with van der Waals surface area (Å²) in [6.45, 7) is 3.79. The lowest BCUT2D eigenvalue weighted by Crippen LogP contribution is -2.41. The number of ether oxygens (including phenoxy) is 1. The van der Waals surface area contributed by atoms with Gasteiger partial charge in [-0.1, -0.05) is 19.9 Å². The van der Waals surface area contributed by atoms with Crippen LogP contribution in [0.4, 0.5) is 0 Å². The highest BCUT2D eigenvalue weighted by atomic mass is 16.5. The van der Waals surface area contributed by atoms with Crippen molar-refractivity contribution in [3.8, 4) is 5.75 Å². The Morgan fingerprint density at radius 3 is 2.68 bits per heavy atom. The molecule has 6 nitrogen and oxygen atoms in total. The molecule has 2 N–H and O–H groups in total. The standard InChI is InChI=1S/C16H19NO5/c1-9(2)7-11(16(19)20)17-15(18)14-8-10-12(21-3)5-4-6-13(10)22-14/h4-6,8-9,11H,7H2,1-3H3,(H,17,18)(H,19,20). The number of carboxylic acids is 1. The van der Waals surface area contributed by atoms with Crippen molar-refractivity contribution in [2.75, 3.05) is 7.11 Å². The van der Waals surface area contributed by atoms with Crippen LogP contribution in [-0.4, -0.2) is 30.1 Å². The maximum Gasteiger partial charge on any atom is 0.326 e. The van der Waals surface area contributed by atoms with Crippen molar-refractivity contribution in [2.24, 2.45) is 5.92 Å². The number of hydrogen-bond acceptors (Lipinski definition) is 4. The van der Waals surface area contributed by atoms with E-state index in [1.807, 2.05) is 13.8 Å². The topological polar surface area (TPSA) is 88.8 Å². The van der Waals surface area contributed by atoms with Gasteiger partial charge in [-0.25, -0.2) is 4.79 Å². The van der Waals surface area contributed by atoms with E-state index in [1.165, 1.54) is 7.11 Å². The number of methoxy groups -OCH3 is 1. The van der Waals surface area contributed by atoms with Crippen molar-refractivity contribution < 1.29 is 23.8 Å². The lowest BCUT2D eigenvalue weighted by molar-refractivity contribution is -0.139. The summed E-state index contributed by atoms with van der Waals surface area (Å²) in [5.41, 5.74) is 0.514. The largest absolute Gasteiger partial charge is 0.496 e. The van der Waals surface area contributed by atoms with Crippen LogP contribution in [0.2, 0.25) is 0 Å². The molecule has 0 bridgehead atoms. The number of carbonyl (C=O) groups is 2. The van der Waals surface area contributed by atoms with E-state index in [2.05, 4.69) is 5.32 Å². The van der Waals surface area contributed by atoms with Crippen LogP contribution in [-0.2, 0) is 4.79 Å². The number of amides is 1. The maximum atomic E-state index is 12.2. The zero-order valence-corrected chi connectivity index (χ0v) is 12.8. The van der Waals surface area contributed by atoms with Crippen molar-refractivity contribution in [3.05, 3.63) is 30.0 Å². The monoisotopic (exact) mass is 305 g/mol. The normalized spacial score (nSPS) is 12.4. The zero-order valence-electron chi connectivity index (χ0n) is 12.8. The molecule has 0 saturated carbocycles. The predicted molar refractivity (Wildman–Crippen MR) is 81.1 cm³/mol. The second-order valence-corrected chi connectivity index (χ2v) is 5.48. The molecular weight excluding hydrogens is 286 g/mol. The van der Waals surface area contributed by atoms with Crippen molar-refractivity contribution in [3.63, 3.8) is 0 Å². The van der Waals surface area contributed by atoms with Crippen LogP contribution in [0.1, 0.15) is 30.8 Å². The van der Waals surface area contributed by atoms with Crippen LogP contribution in [0, 0.1) is 5.92 Å². The van der Waals surface area contributed by atoms with E-state index in [4.69, 9.17) is 9.15 Å². The van der Waals surface area contributed by atoms with Gasteiger partial charge in [0.15, 0.2) is 5.76 Å². The van der Waals surface area contributed by atoms with Gasteiger partial charge >= 0.3 is 5.97 Å². The van der Waals surface area contributed by atoms with E-state index in [0.717, 1.165) is 0 Å². The molecular formula is C16H19NO5. The molecule has 2 rings (SSSR count). The molecule has 1 atom stereocenters. The number of nitrogens with one attached hydrogen (secondary N) is 1. The van der Waals surface area contributed by atoms with Crippen LogP contribution in [0.25, 0.3) is 11.0 Å². The van der Waals surface area contributed by atoms with Gasteiger partial charge in [0, 0.05) is 6.07 Å². The van der Waals surface area contributed by atoms with E-state index < -0.39 is 17.9 Å². The van der Waals surface area contributed by atoms with Gasteiger partial charge in [0.1, 0.15) is 17.4 Å². The van der Waals surface area contributed by atoms with Crippen LogP contribution < -0.4 is 10.1 Å². The summed E-state index contributed by atoms with van der Waals surface area (Å²) in [5.74, 6) is -0.800. The Balaban J connectivity index is 2.23. The third-order valence-corrected chi connectivity index (χ3v) is 3.28. The SMILES string of the molecule is COc1cccc2oc(C(=O)NC(CC(C)C)C(=O)O)cc12. The minimum atomic E-state index is -1.06. The Kier molecular flexibility index (Phi) is 4.70. The molecule has 0 spiro atoms. The third kappa shape index (κ3) is 3.39. The number of hydrogen-bond donors (Lipinski definition) is 2. The molecule has 1 aromatic carbocycles. The fourth-order valence-electron chi connectivity index (χ4n) is 2.25. The first-order valence-corrected chi connectivity index (χ1v) is 7.02. The average Bonchev–Trinajstić information content (AvgIpc) is 2.89. The second-order valence-electron chi connectivity index (χ2n) is 5.48. The van der Waals surface area contributed by atoms with Crippen molar-refractivity contribution in [1.29, 1.82) is 0 Å². The number of carbonyl (C=O) groups excluding carboxylic acids is 1. The number of carboxylic acid groups (broad SMARTS) is 1. The van der Waals surface area contributed by atoms with Gasteiger partial charge in [0.2, 0.25) is 0 Å². The number of furan rings is 1. The molecule has 0 radical (unpaired) electrons. The van der Waals surface area contributed by atoms with Crippen LogP contribution >= 0.6 is 0 Å². The lowest BCUT2D eigenvalue weighted by Gasteiger charge is -2.15. The van der Waals surface area contributed by atoms with Gasteiger partial charge in [0.25, 0.3) is 5.91 Å². The molecule has 0 aliphatic heterocycles.